The summed E-state index contributed by atoms with van der Waals surface area (Å²) in [5, 5.41) is 7.00. The van der Waals surface area contributed by atoms with Gasteiger partial charge in [-0.2, -0.15) is 0 Å². The Labute approximate surface area is 52.8 Å². The minimum Gasteiger partial charge on any atom is -0.400 e. The summed E-state index contributed by atoms with van der Waals surface area (Å²) in [6.07, 6.45) is 5.25. The summed E-state index contributed by atoms with van der Waals surface area (Å²) in [5.74, 6) is 0. The Bertz CT molecular complexity index is 148. The van der Waals surface area contributed by atoms with Crippen molar-refractivity contribution in [3.63, 3.8) is 0 Å². The van der Waals surface area contributed by atoms with Gasteiger partial charge in [-0.1, -0.05) is 0 Å². The van der Waals surface area contributed by atoms with Crippen molar-refractivity contribution in [1.29, 1.82) is 0 Å². The highest BCUT2D eigenvalue weighted by Gasteiger charge is 1.76. The minimum absolute atomic E-state index is 0.688. The fraction of sp³-hybridized carbons (Fsp3) is 0.200. The molecule has 0 bridgehead atoms. The van der Waals surface area contributed by atoms with Crippen LogP contribution < -0.4 is 0 Å². The van der Waals surface area contributed by atoms with Gasteiger partial charge >= 0.3 is 0 Å². The molecule has 0 aliphatic carbocycles. The van der Waals surface area contributed by atoms with E-state index in [-0.39, 0.29) is 0 Å². The van der Waals surface area contributed by atoms with Crippen molar-refractivity contribution >= 4 is 6.41 Å². The Balaban J connectivity index is 0.000000291. The third-order valence-corrected chi connectivity index (χ3v) is 0.647. The Kier molecular flexibility index (Phi) is 4.34. The molecule has 9 heavy (non-hydrogen) atoms. The van der Waals surface area contributed by atoms with E-state index in [0.717, 1.165) is 7.11 Å². The summed E-state index contributed by atoms with van der Waals surface area (Å²) < 4.78 is 1.33. The molecule has 0 amide bonds. The van der Waals surface area contributed by atoms with Crippen molar-refractivity contribution in [1.82, 2.24) is 9.55 Å². The van der Waals surface area contributed by atoms with E-state index in [4.69, 9.17) is 5.11 Å². The summed E-state index contributed by atoms with van der Waals surface area (Å²) in [4.78, 5) is 13.4. The predicted octanol–water partition coefficient (Wildman–Crippen LogP) is -0.470. The first kappa shape index (κ1) is 7.84. The van der Waals surface area contributed by atoms with Crippen LogP contribution in [0.25, 0.3) is 0 Å². The first-order chi connectivity index (χ1) is 4.43. The smallest absolute Gasteiger partial charge is 0.218 e. The molecule has 1 aromatic rings. The number of carbonyl (C=O) groups is 1. The normalized spacial score (nSPS) is 7.33. The van der Waals surface area contributed by atoms with Crippen LogP contribution in [0.1, 0.15) is 0 Å². The molecule has 0 saturated heterocycles. The summed E-state index contributed by atoms with van der Waals surface area (Å²) >= 11 is 0. The third kappa shape index (κ3) is 2.61. The fourth-order valence-corrected chi connectivity index (χ4v) is 0.332. The maximum absolute atomic E-state index is 9.79. The van der Waals surface area contributed by atoms with Gasteiger partial charge in [0.15, 0.2) is 0 Å². The summed E-state index contributed by atoms with van der Waals surface area (Å²) in [6.45, 7) is 0. The number of rotatable bonds is 1. The first-order valence-electron chi connectivity index (χ1n) is 2.31. The Morgan fingerprint density at radius 3 is 2.56 bits per heavy atom. The molecule has 1 heterocycles. The molecule has 0 saturated carbocycles. The highest BCUT2D eigenvalue weighted by atomic mass is 16.2. The van der Waals surface area contributed by atoms with E-state index in [1.165, 1.54) is 10.9 Å². The molecule has 4 heteroatoms. The quantitative estimate of drug-likeness (QED) is 0.520. The highest BCUT2D eigenvalue weighted by molar-refractivity contribution is 5.50. The maximum atomic E-state index is 9.79. The number of imidazole rings is 1. The van der Waals surface area contributed by atoms with E-state index in [0.29, 0.717) is 6.41 Å². The van der Waals surface area contributed by atoms with Gasteiger partial charge in [0.05, 0.1) is 0 Å². The number of aliphatic hydroxyl groups is 1. The summed E-state index contributed by atoms with van der Waals surface area (Å²) in [5.41, 5.74) is 0. The zero-order valence-electron chi connectivity index (χ0n) is 5.06. The molecular weight excluding hydrogens is 120 g/mol. The molecule has 0 atom stereocenters. The molecule has 50 valence electrons. The second-order valence-corrected chi connectivity index (χ2v) is 1.12. The van der Waals surface area contributed by atoms with Crippen molar-refractivity contribution in [2.75, 3.05) is 7.11 Å². The van der Waals surface area contributed by atoms with Gasteiger partial charge in [-0.25, -0.2) is 4.98 Å². The molecule has 0 aliphatic rings. The highest BCUT2D eigenvalue weighted by Crippen LogP contribution is 1.74. The lowest BCUT2D eigenvalue weighted by Gasteiger charge is -1.75. The van der Waals surface area contributed by atoms with E-state index >= 15 is 0 Å². The lowest BCUT2D eigenvalue weighted by molar-refractivity contribution is 0.399. The van der Waals surface area contributed by atoms with Crippen molar-refractivity contribution in [2.45, 2.75) is 0 Å². The topological polar surface area (TPSA) is 55.1 Å². The molecule has 0 aliphatic heterocycles. The van der Waals surface area contributed by atoms with Crippen molar-refractivity contribution in [2.24, 2.45) is 0 Å². The van der Waals surface area contributed by atoms with Gasteiger partial charge < -0.3 is 5.11 Å². The van der Waals surface area contributed by atoms with E-state index in [9.17, 15) is 4.79 Å². The van der Waals surface area contributed by atoms with E-state index < -0.39 is 0 Å². The molecule has 0 fully saturated rings. The molecule has 1 rings (SSSR count). The zero-order valence-corrected chi connectivity index (χ0v) is 5.06. The van der Waals surface area contributed by atoms with Gasteiger partial charge in [0, 0.05) is 19.5 Å². The molecule has 1 N–H and O–H groups in total. The third-order valence-electron chi connectivity index (χ3n) is 0.647. The summed E-state index contributed by atoms with van der Waals surface area (Å²) in [6, 6.07) is 0. The lowest BCUT2D eigenvalue weighted by Crippen LogP contribution is -1.86. The maximum Gasteiger partial charge on any atom is 0.218 e. The number of hydrogen-bond acceptors (Lipinski definition) is 3. The fourth-order valence-electron chi connectivity index (χ4n) is 0.332. The van der Waals surface area contributed by atoms with Crippen LogP contribution in [0, 0.1) is 0 Å². The molecule has 0 unspecified atom stereocenters. The van der Waals surface area contributed by atoms with Crippen molar-refractivity contribution in [3.05, 3.63) is 18.7 Å². The standard InChI is InChI=1S/C4H4N2O.CH4O/c7-4-6-2-1-5-3-6;1-2/h1-4H;2H,1H3. The lowest BCUT2D eigenvalue weighted by atomic mass is 10.9. The molecule has 4 nitrogen and oxygen atoms in total. The number of nitrogens with zero attached hydrogens (tertiary/aromatic N) is 2. The van der Waals surface area contributed by atoms with Gasteiger partial charge in [0.25, 0.3) is 0 Å². The number of aliphatic hydroxyl groups excluding tert-OH is 1. The van der Waals surface area contributed by atoms with Crippen molar-refractivity contribution in [3.8, 4) is 0 Å². The Morgan fingerprint density at radius 1 is 1.67 bits per heavy atom. The largest absolute Gasteiger partial charge is 0.400 e. The molecule has 1 aromatic heterocycles. The van der Waals surface area contributed by atoms with Crippen LogP contribution in [0.4, 0.5) is 0 Å². The van der Waals surface area contributed by atoms with Gasteiger partial charge in [-0.15, -0.1) is 0 Å². The number of aromatic nitrogens is 2. The van der Waals surface area contributed by atoms with Crippen LogP contribution in [0.2, 0.25) is 0 Å². The number of carbonyl (C=O) groups excluding carboxylic acids is 1. The average molecular weight is 128 g/mol. The number of hydrogen-bond donors (Lipinski definition) is 1. The van der Waals surface area contributed by atoms with Crippen LogP contribution >= 0.6 is 0 Å². The first-order valence-corrected chi connectivity index (χ1v) is 2.31. The second-order valence-electron chi connectivity index (χ2n) is 1.12. The van der Waals surface area contributed by atoms with E-state index in [2.05, 4.69) is 4.98 Å². The van der Waals surface area contributed by atoms with Crippen molar-refractivity contribution < 1.29 is 9.90 Å². The monoisotopic (exact) mass is 128 g/mol. The molecule has 0 spiro atoms. The second kappa shape index (κ2) is 4.99. The average Bonchev–Trinajstić information content (AvgIpc) is 2.43. The minimum atomic E-state index is 0.688. The Morgan fingerprint density at radius 2 is 2.33 bits per heavy atom. The molecular formula is C5H8N2O2. The van der Waals surface area contributed by atoms with Gasteiger partial charge in [-0.3, -0.25) is 9.36 Å². The van der Waals surface area contributed by atoms with Crippen LogP contribution in [-0.4, -0.2) is 28.2 Å². The molecule has 0 radical (unpaired) electrons. The van der Waals surface area contributed by atoms with Crippen LogP contribution in [-0.2, 0) is 4.79 Å². The van der Waals surface area contributed by atoms with Crippen LogP contribution in [0.3, 0.4) is 0 Å². The zero-order chi connectivity index (χ0) is 7.11. The predicted molar refractivity (Wildman–Crippen MR) is 32.5 cm³/mol. The van der Waals surface area contributed by atoms with E-state index in [1.807, 2.05) is 0 Å². The van der Waals surface area contributed by atoms with Crippen LogP contribution in [0.15, 0.2) is 18.7 Å². The summed E-state index contributed by atoms with van der Waals surface area (Å²) in [7, 11) is 1.00. The SMILES string of the molecule is CO.O=Cn1ccnc1. The van der Waals surface area contributed by atoms with Crippen LogP contribution in [0.5, 0.6) is 0 Å². The Hall–Kier alpha value is -1.16. The van der Waals surface area contributed by atoms with Gasteiger partial charge in [0.1, 0.15) is 6.33 Å². The van der Waals surface area contributed by atoms with Gasteiger partial charge in [0.2, 0.25) is 6.41 Å². The molecule has 0 aromatic carbocycles. The van der Waals surface area contributed by atoms with Gasteiger partial charge in [-0.05, 0) is 0 Å². The van der Waals surface area contributed by atoms with E-state index in [1.54, 1.807) is 12.4 Å².